The standard InChI is InChI=1S/C17H16N6O/c1-11-15(12(2)23(21-11)14-7-5-4-6-8-14)17(24)20-16-13(9-18)10-19-22(16)3/h4-8,10H,1-3H3,(H,20,24). The van der Waals surface area contributed by atoms with Crippen LogP contribution in [-0.4, -0.2) is 25.5 Å². The summed E-state index contributed by atoms with van der Waals surface area (Å²) in [6, 6.07) is 11.6. The van der Waals surface area contributed by atoms with Crippen molar-refractivity contribution < 1.29 is 4.79 Å². The third-order valence-electron chi connectivity index (χ3n) is 3.81. The molecule has 0 unspecified atom stereocenters. The van der Waals surface area contributed by atoms with Gasteiger partial charge in [-0.25, -0.2) is 4.68 Å². The first-order chi connectivity index (χ1) is 11.5. The number of nitrogens with zero attached hydrogens (tertiary/aromatic N) is 5. The van der Waals surface area contributed by atoms with Gasteiger partial charge in [0.1, 0.15) is 17.5 Å². The number of nitriles is 1. The van der Waals surface area contributed by atoms with Crippen LogP contribution < -0.4 is 5.32 Å². The van der Waals surface area contributed by atoms with E-state index in [9.17, 15) is 4.79 Å². The molecule has 3 aromatic rings. The molecule has 0 saturated heterocycles. The number of carbonyl (C=O) groups is 1. The molecule has 1 amide bonds. The molecule has 120 valence electrons. The zero-order chi connectivity index (χ0) is 17.3. The van der Waals surface area contributed by atoms with E-state index >= 15 is 0 Å². The van der Waals surface area contributed by atoms with Gasteiger partial charge in [-0.2, -0.15) is 15.5 Å². The van der Waals surface area contributed by atoms with Gasteiger partial charge in [0.2, 0.25) is 0 Å². The Morgan fingerprint density at radius 2 is 1.96 bits per heavy atom. The molecule has 0 aliphatic carbocycles. The van der Waals surface area contributed by atoms with Crippen molar-refractivity contribution >= 4 is 11.7 Å². The summed E-state index contributed by atoms with van der Waals surface area (Å²) < 4.78 is 3.20. The smallest absolute Gasteiger partial charge is 0.260 e. The maximum Gasteiger partial charge on any atom is 0.260 e. The van der Waals surface area contributed by atoms with Gasteiger partial charge in [0.15, 0.2) is 0 Å². The maximum atomic E-state index is 12.7. The predicted molar refractivity (Wildman–Crippen MR) is 88.9 cm³/mol. The number of hydrogen-bond donors (Lipinski definition) is 1. The van der Waals surface area contributed by atoms with Gasteiger partial charge in [-0.05, 0) is 26.0 Å². The molecule has 2 aromatic heterocycles. The highest BCUT2D eigenvalue weighted by molar-refractivity contribution is 6.06. The molecular formula is C17H16N6O. The second kappa shape index (κ2) is 6.01. The number of hydrogen-bond acceptors (Lipinski definition) is 4. The van der Waals surface area contributed by atoms with E-state index in [2.05, 4.69) is 15.5 Å². The van der Waals surface area contributed by atoms with Gasteiger partial charge in [-0.3, -0.25) is 9.48 Å². The Kier molecular flexibility index (Phi) is 3.88. The fourth-order valence-electron chi connectivity index (χ4n) is 2.63. The third kappa shape index (κ3) is 2.54. The Bertz CT molecular complexity index is 946. The van der Waals surface area contributed by atoms with Crippen molar-refractivity contribution in [2.45, 2.75) is 13.8 Å². The lowest BCUT2D eigenvalue weighted by Crippen LogP contribution is -2.17. The van der Waals surface area contributed by atoms with Crippen LogP contribution in [0.25, 0.3) is 5.69 Å². The van der Waals surface area contributed by atoms with Crippen molar-refractivity contribution in [1.82, 2.24) is 19.6 Å². The van der Waals surface area contributed by atoms with Crippen molar-refractivity contribution in [2.75, 3.05) is 5.32 Å². The summed E-state index contributed by atoms with van der Waals surface area (Å²) in [4.78, 5) is 12.7. The van der Waals surface area contributed by atoms with Gasteiger partial charge in [0, 0.05) is 7.05 Å². The van der Waals surface area contributed by atoms with Gasteiger partial charge < -0.3 is 5.32 Å². The molecule has 0 saturated carbocycles. The Morgan fingerprint density at radius 3 is 2.62 bits per heavy atom. The van der Waals surface area contributed by atoms with E-state index in [1.807, 2.05) is 43.3 Å². The quantitative estimate of drug-likeness (QED) is 0.802. The first-order valence-electron chi connectivity index (χ1n) is 7.38. The van der Waals surface area contributed by atoms with Crippen LogP contribution in [0.15, 0.2) is 36.5 Å². The maximum absolute atomic E-state index is 12.7. The van der Waals surface area contributed by atoms with Crippen LogP contribution in [-0.2, 0) is 7.05 Å². The number of anilines is 1. The molecule has 0 radical (unpaired) electrons. The minimum Gasteiger partial charge on any atom is -0.306 e. The summed E-state index contributed by atoms with van der Waals surface area (Å²) in [5.74, 6) is 0.0565. The van der Waals surface area contributed by atoms with Crippen molar-refractivity contribution in [3.8, 4) is 11.8 Å². The summed E-state index contributed by atoms with van der Waals surface area (Å²) >= 11 is 0. The molecule has 1 N–H and O–H groups in total. The summed E-state index contributed by atoms with van der Waals surface area (Å²) in [5.41, 5.74) is 3.04. The Hall–Kier alpha value is -3.40. The molecule has 0 spiro atoms. The van der Waals surface area contributed by atoms with Gasteiger partial charge >= 0.3 is 0 Å². The number of rotatable bonds is 3. The number of para-hydroxylation sites is 1. The number of nitrogens with one attached hydrogen (secondary N) is 1. The van der Waals surface area contributed by atoms with Crippen molar-refractivity contribution in [2.24, 2.45) is 7.05 Å². The highest BCUT2D eigenvalue weighted by Gasteiger charge is 2.21. The normalized spacial score (nSPS) is 10.4. The average Bonchev–Trinajstić information content (AvgIpc) is 3.08. The van der Waals surface area contributed by atoms with E-state index in [-0.39, 0.29) is 5.91 Å². The Morgan fingerprint density at radius 1 is 1.25 bits per heavy atom. The van der Waals surface area contributed by atoms with Crippen molar-refractivity contribution in [1.29, 1.82) is 5.26 Å². The lowest BCUT2D eigenvalue weighted by Gasteiger charge is -2.07. The molecule has 0 bridgehead atoms. The van der Waals surface area contributed by atoms with Gasteiger partial charge in [-0.15, -0.1) is 0 Å². The molecule has 0 atom stereocenters. The average molecular weight is 320 g/mol. The van der Waals surface area contributed by atoms with Crippen LogP contribution >= 0.6 is 0 Å². The molecule has 7 heteroatoms. The first kappa shape index (κ1) is 15.5. The largest absolute Gasteiger partial charge is 0.306 e. The van der Waals surface area contributed by atoms with Crippen molar-refractivity contribution in [3.05, 3.63) is 59.0 Å². The molecule has 3 rings (SSSR count). The van der Waals surface area contributed by atoms with Crippen molar-refractivity contribution in [3.63, 3.8) is 0 Å². The van der Waals surface area contributed by atoms with Crippen LogP contribution in [0, 0.1) is 25.2 Å². The van der Waals surface area contributed by atoms with Crippen LogP contribution in [0.4, 0.5) is 5.82 Å². The molecular weight excluding hydrogens is 304 g/mol. The van der Waals surface area contributed by atoms with Gasteiger partial charge in [-0.1, -0.05) is 18.2 Å². The minimum atomic E-state index is -0.313. The second-order valence-corrected chi connectivity index (χ2v) is 5.39. The topological polar surface area (TPSA) is 88.5 Å². The Balaban J connectivity index is 1.98. The van der Waals surface area contributed by atoms with E-state index in [1.165, 1.54) is 10.9 Å². The van der Waals surface area contributed by atoms with E-state index in [4.69, 9.17) is 5.26 Å². The highest BCUT2D eigenvalue weighted by Crippen LogP contribution is 2.20. The fourth-order valence-corrected chi connectivity index (χ4v) is 2.63. The highest BCUT2D eigenvalue weighted by atomic mass is 16.1. The summed E-state index contributed by atoms with van der Waals surface area (Å²) in [6.07, 6.45) is 1.42. The molecule has 24 heavy (non-hydrogen) atoms. The molecule has 2 heterocycles. The zero-order valence-corrected chi connectivity index (χ0v) is 13.6. The van der Waals surface area contributed by atoms with Crippen LogP contribution in [0.3, 0.4) is 0 Å². The number of aromatic nitrogens is 4. The summed E-state index contributed by atoms with van der Waals surface area (Å²) in [5, 5.41) is 20.3. The molecule has 0 aliphatic heterocycles. The zero-order valence-electron chi connectivity index (χ0n) is 13.6. The lowest BCUT2D eigenvalue weighted by atomic mass is 10.2. The van der Waals surface area contributed by atoms with E-state index in [0.29, 0.717) is 22.6 Å². The molecule has 0 aliphatic rings. The lowest BCUT2D eigenvalue weighted by molar-refractivity contribution is 0.102. The van der Waals surface area contributed by atoms with Gasteiger partial charge in [0.25, 0.3) is 5.91 Å². The Labute approximate surface area is 139 Å². The van der Waals surface area contributed by atoms with E-state index < -0.39 is 0 Å². The fraction of sp³-hybridized carbons (Fsp3) is 0.176. The monoisotopic (exact) mass is 320 g/mol. The van der Waals surface area contributed by atoms with Crippen LogP contribution in [0.2, 0.25) is 0 Å². The summed E-state index contributed by atoms with van der Waals surface area (Å²) in [7, 11) is 1.67. The van der Waals surface area contributed by atoms with Crippen LogP contribution in [0.5, 0.6) is 0 Å². The van der Waals surface area contributed by atoms with Gasteiger partial charge in [0.05, 0.1) is 28.8 Å². The SMILES string of the molecule is Cc1nn(-c2ccccc2)c(C)c1C(=O)Nc1c(C#N)cnn1C. The first-order valence-corrected chi connectivity index (χ1v) is 7.38. The molecule has 1 aromatic carbocycles. The third-order valence-corrected chi connectivity index (χ3v) is 3.81. The number of aryl methyl sites for hydroxylation is 2. The molecule has 0 fully saturated rings. The molecule has 7 nitrogen and oxygen atoms in total. The van der Waals surface area contributed by atoms with E-state index in [1.54, 1.807) is 18.7 Å². The predicted octanol–water partition coefficient (Wildman–Crippen LogP) is 2.35. The van der Waals surface area contributed by atoms with Crippen LogP contribution in [0.1, 0.15) is 27.3 Å². The number of amides is 1. The summed E-state index contributed by atoms with van der Waals surface area (Å²) in [6.45, 7) is 3.63. The minimum absolute atomic E-state index is 0.313. The number of carbonyl (C=O) groups excluding carboxylic acids is 1. The second-order valence-electron chi connectivity index (χ2n) is 5.39. The van der Waals surface area contributed by atoms with E-state index in [0.717, 1.165) is 11.4 Å². The number of benzene rings is 1.